The molecule has 90 valence electrons. The average Bonchev–Trinajstić information content (AvgIpc) is 2.64. The molecule has 0 aromatic carbocycles. The number of hydrogen-bond acceptors (Lipinski definition) is 3. The van der Waals surface area contributed by atoms with Gasteiger partial charge in [0.25, 0.3) is 0 Å². The maximum atomic E-state index is 12.8. The number of thiophene rings is 1. The molecule has 0 saturated carbocycles. The van der Waals surface area contributed by atoms with Crippen LogP contribution in [-0.2, 0) is 12.0 Å². The SMILES string of the molecule is CC(N)(Cc1sccc1Br)c1ccc(F)cn1. The lowest BCUT2D eigenvalue weighted by molar-refractivity contribution is 0.475. The first kappa shape index (κ1) is 12.7. The van der Waals surface area contributed by atoms with Crippen molar-refractivity contribution in [2.75, 3.05) is 0 Å². The molecule has 1 atom stereocenters. The zero-order valence-corrected chi connectivity index (χ0v) is 11.7. The third kappa shape index (κ3) is 2.91. The molecule has 0 aliphatic heterocycles. The molecule has 0 saturated heterocycles. The Morgan fingerprint density at radius 1 is 1.47 bits per heavy atom. The second kappa shape index (κ2) is 4.84. The number of nitrogens with zero attached hydrogens (tertiary/aromatic N) is 1. The molecular formula is C12H12BrFN2S. The number of hydrogen-bond donors (Lipinski definition) is 1. The molecule has 17 heavy (non-hydrogen) atoms. The van der Waals surface area contributed by atoms with E-state index in [1.807, 2.05) is 18.4 Å². The summed E-state index contributed by atoms with van der Waals surface area (Å²) < 4.78 is 13.9. The minimum Gasteiger partial charge on any atom is -0.320 e. The lowest BCUT2D eigenvalue weighted by Gasteiger charge is -2.23. The second-order valence-corrected chi connectivity index (χ2v) is 6.00. The van der Waals surface area contributed by atoms with Crippen molar-refractivity contribution >= 4 is 27.3 Å². The number of pyridine rings is 1. The molecule has 0 spiro atoms. The first-order valence-electron chi connectivity index (χ1n) is 5.12. The molecular weight excluding hydrogens is 303 g/mol. The van der Waals surface area contributed by atoms with Gasteiger partial charge < -0.3 is 5.73 Å². The molecule has 2 rings (SSSR count). The highest BCUT2D eigenvalue weighted by atomic mass is 79.9. The summed E-state index contributed by atoms with van der Waals surface area (Å²) in [4.78, 5) is 5.22. The molecule has 2 aromatic heterocycles. The van der Waals surface area contributed by atoms with E-state index in [0.29, 0.717) is 12.1 Å². The normalized spacial score (nSPS) is 14.6. The summed E-state index contributed by atoms with van der Waals surface area (Å²) in [6, 6.07) is 5.02. The predicted octanol–water partition coefficient (Wildman–Crippen LogP) is 3.46. The highest BCUT2D eigenvalue weighted by Crippen LogP contribution is 2.29. The van der Waals surface area contributed by atoms with E-state index in [2.05, 4.69) is 20.9 Å². The zero-order chi connectivity index (χ0) is 12.5. The van der Waals surface area contributed by atoms with Gasteiger partial charge in [-0.3, -0.25) is 4.98 Å². The van der Waals surface area contributed by atoms with Gasteiger partial charge >= 0.3 is 0 Å². The fraction of sp³-hybridized carbons (Fsp3) is 0.250. The minimum atomic E-state index is -0.596. The van der Waals surface area contributed by atoms with Crippen LogP contribution in [0.4, 0.5) is 4.39 Å². The number of halogens is 2. The summed E-state index contributed by atoms with van der Waals surface area (Å²) in [5, 5.41) is 2.01. The van der Waals surface area contributed by atoms with Crippen LogP contribution in [0.3, 0.4) is 0 Å². The summed E-state index contributed by atoms with van der Waals surface area (Å²) in [6.07, 6.45) is 1.87. The number of aromatic nitrogens is 1. The zero-order valence-electron chi connectivity index (χ0n) is 9.28. The van der Waals surface area contributed by atoms with E-state index in [9.17, 15) is 4.39 Å². The Hall–Kier alpha value is -0.780. The van der Waals surface area contributed by atoms with Crippen molar-refractivity contribution < 1.29 is 4.39 Å². The van der Waals surface area contributed by atoms with Gasteiger partial charge in [-0.2, -0.15) is 0 Å². The summed E-state index contributed by atoms with van der Waals surface area (Å²) in [5.41, 5.74) is 6.35. The van der Waals surface area contributed by atoms with Crippen molar-refractivity contribution in [1.82, 2.24) is 4.98 Å². The average molecular weight is 315 g/mol. The first-order chi connectivity index (χ1) is 7.99. The number of rotatable bonds is 3. The van der Waals surface area contributed by atoms with Crippen LogP contribution >= 0.6 is 27.3 Å². The molecule has 0 amide bonds. The second-order valence-electron chi connectivity index (χ2n) is 4.15. The molecule has 2 aromatic rings. The monoisotopic (exact) mass is 314 g/mol. The van der Waals surface area contributed by atoms with Gasteiger partial charge in [-0.25, -0.2) is 4.39 Å². The number of nitrogens with two attached hydrogens (primary N) is 1. The van der Waals surface area contributed by atoms with Gasteiger partial charge in [-0.15, -0.1) is 11.3 Å². The Bertz CT molecular complexity index is 507. The third-order valence-corrected chi connectivity index (χ3v) is 4.46. The fourth-order valence-electron chi connectivity index (χ4n) is 1.59. The molecule has 0 bridgehead atoms. The Balaban J connectivity index is 2.24. The van der Waals surface area contributed by atoms with Crippen LogP contribution in [0, 0.1) is 5.82 Å². The third-order valence-electron chi connectivity index (χ3n) is 2.53. The van der Waals surface area contributed by atoms with E-state index in [1.54, 1.807) is 17.4 Å². The summed E-state index contributed by atoms with van der Waals surface area (Å²) in [7, 11) is 0. The van der Waals surface area contributed by atoms with Crippen LogP contribution in [0.5, 0.6) is 0 Å². The van der Waals surface area contributed by atoms with E-state index >= 15 is 0 Å². The Kier molecular flexibility index (Phi) is 3.61. The first-order valence-corrected chi connectivity index (χ1v) is 6.79. The molecule has 0 aliphatic rings. The van der Waals surface area contributed by atoms with E-state index in [1.165, 1.54) is 17.1 Å². The van der Waals surface area contributed by atoms with Crippen molar-refractivity contribution in [2.24, 2.45) is 5.73 Å². The van der Waals surface area contributed by atoms with E-state index in [0.717, 1.165) is 4.47 Å². The summed E-state index contributed by atoms with van der Waals surface area (Å²) >= 11 is 5.12. The van der Waals surface area contributed by atoms with Gasteiger partial charge in [0, 0.05) is 15.8 Å². The van der Waals surface area contributed by atoms with Crippen molar-refractivity contribution in [1.29, 1.82) is 0 Å². The highest BCUT2D eigenvalue weighted by Gasteiger charge is 2.24. The van der Waals surface area contributed by atoms with E-state index in [4.69, 9.17) is 5.73 Å². The largest absolute Gasteiger partial charge is 0.320 e. The van der Waals surface area contributed by atoms with Crippen LogP contribution in [0.1, 0.15) is 17.5 Å². The lowest BCUT2D eigenvalue weighted by atomic mass is 9.93. The van der Waals surface area contributed by atoms with Crippen LogP contribution in [0.15, 0.2) is 34.2 Å². The molecule has 2 nitrogen and oxygen atoms in total. The Morgan fingerprint density at radius 2 is 2.24 bits per heavy atom. The van der Waals surface area contributed by atoms with Gasteiger partial charge in [0.15, 0.2) is 0 Å². The molecule has 0 fully saturated rings. The maximum Gasteiger partial charge on any atom is 0.141 e. The highest BCUT2D eigenvalue weighted by molar-refractivity contribution is 9.10. The van der Waals surface area contributed by atoms with Gasteiger partial charge in [0.05, 0.1) is 17.4 Å². The molecule has 5 heteroatoms. The standard InChI is InChI=1S/C12H12BrFN2S/c1-12(15,6-10-9(13)4-5-17-10)11-3-2-8(14)7-16-11/h2-5,7H,6,15H2,1H3. The summed E-state index contributed by atoms with van der Waals surface area (Å²) in [6.45, 7) is 1.90. The van der Waals surface area contributed by atoms with Crippen molar-refractivity contribution in [3.05, 3.63) is 50.6 Å². The van der Waals surface area contributed by atoms with Crippen molar-refractivity contribution in [2.45, 2.75) is 18.9 Å². The van der Waals surface area contributed by atoms with Crippen LogP contribution in [0.25, 0.3) is 0 Å². The van der Waals surface area contributed by atoms with E-state index < -0.39 is 5.54 Å². The molecule has 1 unspecified atom stereocenters. The van der Waals surface area contributed by atoms with Crippen molar-refractivity contribution in [3.63, 3.8) is 0 Å². The quantitative estimate of drug-likeness (QED) is 0.942. The molecule has 0 aliphatic carbocycles. The summed E-state index contributed by atoms with van der Waals surface area (Å²) in [5.74, 6) is -0.346. The lowest BCUT2D eigenvalue weighted by Crippen LogP contribution is -2.36. The fourth-order valence-corrected chi connectivity index (χ4v) is 3.25. The van der Waals surface area contributed by atoms with Gasteiger partial charge in [-0.05, 0) is 46.4 Å². The maximum absolute atomic E-state index is 12.8. The predicted molar refractivity (Wildman–Crippen MR) is 71.5 cm³/mol. The smallest absolute Gasteiger partial charge is 0.141 e. The topological polar surface area (TPSA) is 38.9 Å². The van der Waals surface area contributed by atoms with Crippen molar-refractivity contribution in [3.8, 4) is 0 Å². The van der Waals surface area contributed by atoms with Crippen LogP contribution < -0.4 is 5.73 Å². The molecule has 2 heterocycles. The van der Waals surface area contributed by atoms with Gasteiger partial charge in [-0.1, -0.05) is 0 Å². The van der Waals surface area contributed by atoms with Crippen LogP contribution in [-0.4, -0.2) is 4.98 Å². The molecule has 2 N–H and O–H groups in total. The minimum absolute atomic E-state index is 0.346. The Morgan fingerprint density at radius 3 is 2.76 bits per heavy atom. The van der Waals surface area contributed by atoms with Gasteiger partial charge in [0.2, 0.25) is 0 Å². The van der Waals surface area contributed by atoms with E-state index in [-0.39, 0.29) is 5.82 Å². The Labute approximate surface area is 112 Å². The van der Waals surface area contributed by atoms with Crippen LogP contribution in [0.2, 0.25) is 0 Å². The van der Waals surface area contributed by atoms with Gasteiger partial charge in [0.1, 0.15) is 5.82 Å². The molecule has 0 radical (unpaired) electrons.